The van der Waals surface area contributed by atoms with Crippen molar-refractivity contribution in [3.8, 4) is 5.75 Å². The smallest absolute Gasteiger partial charge is 0.191 e. The van der Waals surface area contributed by atoms with E-state index in [4.69, 9.17) is 9.73 Å². The van der Waals surface area contributed by atoms with Crippen molar-refractivity contribution in [3.63, 3.8) is 0 Å². The van der Waals surface area contributed by atoms with E-state index in [9.17, 15) is 0 Å². The van der Waals surface area contributed by atoms with Crippen LogP contribution in [0.25, 0.3) is 0 Å². The number of halogens is 1. The quantitative estimate of drug-likeness (QED) is 0.273. The molecule has 0 unspecified atom stereocenters. The van der Waals surface area contributed by atoms with Crippen molar-refractivity contribution in [1.29, 1.82) is 0 Å². The van der Waals surface area contributed by atoms with Gasteiger partial charge in [0.05, 0.1) is 13.2 Å². The van der Waals surface area contributed by atoms with Crippen LogP contribution in [-0.2, 0) is 19.6 Å². The zero-order valence-electron chi connectivity index (χ0n) is 20.3. The first-order chi connectivity index (χ1) is 15.7. The molecule has 2 N–H and O–H groups in total. The number of nitrogens with zero attached hydrogens (tertiary/aromatic N) is 3. The van der Waals surface area contributed by atoms with E-state index in [0.29, 0.717) is 19.7 Å². The summed E-state index contributed by atoms with van der Waals surface area (Å²) in [5.41, 5.74) is 3.72. The molecule has 1 saturated heterocycles. The first kappa shape index (κ1) is 27.4. The predicted molar refractivity (Wildman–Crippen MR) is 149 cm³/mol. The molecule has 0 saturated carbocycles. The van der Waals surface area contributed by atoms with E-state index in [1.165, 1.54) is 30.6 Å². The third-order valence-electron chi connectivity index (χ3n) is 5.72. The molecule has 0 aliphatic carbocycles. The van der Waals surface area contributed by atoms with E-state index < -0.39 is 0 Å². The second-order valence-electron chi connectivity index (χ2n) is 8.34. The van der Waals surface area contributed by atoms with E-state index in [0.717, 1.165) is 43.5 Å². The van der Waals surface area contributed by atoms with Crippen LogP contribution in [0.4, 0.5) is 0 Å². The molecule has 33 heavy (non-hydrogen) atoms. The summed E-state index contributed by atoms with van der Waals surface area (Å²) in [6, 6.07) is 17.0. The zero-order chi connectivity index (χ0) is 22.6. The van der Waals surface area contributed by atoms with Gasteiger partial charge in [-0.25, -0.2) is 4.99 Å². The monoisotopic (exact) mass is 565 g/mol. The van der Waals surface area contributed by atoms with Crippen molar-refractivity contribution in [1.82, 2.24) is 20.4 Å². The number of guanidine groups is 1. The molecule has 0 atom stereocenters. The molecule has 7 heteroatoms. The van der Waals surface area contributed by atoms with Crippen molar-refractivity contribution >= 4 is 29.9 Å². The zero-order valence-corrected chi connectivity index (χ0v) is 22.7. The fourth-order valence-corrected chi connectivity index (χ4v) is 3.90. The Morgan fingerprint density at radius 2 is 1.70 bits per heavy atom. The molecule has 1 heterocycles. The van der Waals surface area contributed by atoms with Crippen molar-refractivity contribution in [2.75, 3.05) is 46.4 Å². The highest BCUT2D eigenvalue weighted by Gasteiger charge is 2.12. The lowest BCUT2D eigenvalue weighted by Gasteiger charge is -2.20. The van der Waals surface area contributed by atoms with Gasteiger partial charge in [0.15, 0.2) is 5.96 Å². The summed E-state index contributed by atoms with van der Waals surface area (Å²) in [4.78, 5) is 9.76. The van der Waals surface area contributed by atoms with Gasteiger partial charge in [-0.1, -0.05) is 42.5 Å². The largest absolute Gasteiger partial charge is 0.494 e. The third-order valence-corrected chi connectivity index (χ3v) is 5.72. The summed E-state index contributed by atoms with van der Waals surface area (Å²) in [6.07, 6.45) is 1.25. The minimum absolute atomic E-state index is 0. The van der Waals surface area contributed by atoms with E-state index in [2.05, 4.69) is 64.7 Å². The molecule has 0 aromatic heterocycles. The number of hydrogen-bond acceptors (Lipinski definition) is 4. The highest BCUT2D eigenvalue weighted by molar-refractivity contribution is 14.0. The molecule has 0 amide bonds. The Hall–Kier alpha value is -1.84. The Balaban J connectivity index is 0.00000385. The number of hydrogen-bond donors (Lipinski definition) is 2. The highest BCUT2D eigenvalue weighted by Crippen LogP contribution is 2.17. The maximum atomic E-state index is 5.73. The average Bonchev–Trinajstić information content (AvgIpc) is 3.01. The number of ether oxygens (including phenoxy) is 1. The number of benzene rings is 2. The predicted octanol–water partition coefficient (Wildman–Crippen LogP) is 4.10. The molecule has 182 valence electrons. The summed E-state index contributed by atoms with van der Waals surface area (Å²) < 4.78 is 5.73. The lowest BCUT2D eigenvalue weighted by molar-refractivity contribution is 0.269. The molecule has 3 rings (SSSR count). The van der Waals surface area contributed by atoms with Crippen LogP contribution < -0.4 is 15.4 Å². The number of aliphatic imine (C=N–C) groups is 1. The maximum Gasteiger partial charge on any atom is 0.191 e. The molecule has 1 aliphatic heterocycles. The van der Waals surface area contributed by atoms with Crippen LogP contribution in [0.3, 0.4) is 0 Å². The highest BCUT2D eigenvalue weighted by atomic mass is 127. The molecular weight excluding hydrogens is 525 g/mol. The molecular formula is C26H40IN5O. The van der Waals surface area contributed by atoms with Gasteiger partial charge in [-0.15, -0.1) is 24.0 Å². The number of para-hydroxylation sites is 1. The molecule has 1 aliphatic rings. The number of likely N-dealkylation sites (N-methyl/N-ethyl adjacent to an activating group) is 1. The van der Waals surface area contributed by atoms with E-state index in [1.54, 1.807) is 0 Å². The molecule has 6 nitrogen and oxygen atoms in total. The summed E-state index contributed by atoms with van der Waals surface area (Å²) in [6.45, 7) is 12.6. The summed E-state index contributed by atoms with van der Waals surface area (Å²) in [5, 5.41) is 6.77. The van der Waals surface area contributed by atoms with E-state index in [-0.39, 0.29) is 24.0 Å². The normalized spacial score (nSPS) is 15.4. The summed E-state index contributed by atoms with van der Waals surface area (Å²) in [7, 11) is 2.22. The van der Waals surface area contributed by atoms with Gasteiger partial charge in [0.2, 0.25) is 0 Å². The fraction of sp³-hybridized carbons (Fsp3) is 0.500. The number of nitrogens with one attached hydrogen (secondary N) is 2. The topological polar surface area (TPSA) is 52.1 Å². The standard InChI is InChI=1S/C26H39N5O.HI/c1-4-27-26(29-20-24-9-6-7-10-25(24)32-5-2)28-19-22-11-13-23(14-12-22)21-31-16-8-15-30(3)17-18-31;/h6-7,9-14H,4-5,8,15-21H2,1-3H3,(H2,27,28,29);1H. The van der Waals surface area contributed by atoms with Crippen molar-refractivity contribution in [3.05, 3.63) is 65.2 Å². The van der Waals surface area contributed by atoms with E-state index >= 15 is 0 Å². The van der Waals surface area contributed by atoms with Crippen LogP contribution in [0.2, 0.25) is 0 Å². The molecule has 1 fully saturated rings. The van der Waals surface area contributed by atoms with Gasteiger partial charge in [0.1, 0.15) is 5.75 Å². The average molecular weight is 566 g/mol. The minimum Gasteiger partial charge on any atom is -0.494 e. The third kappa shape index (κ3) is 9.51. The van der Waals surface area contributed by atoms with Gasteiger partial charge in [-0.05, 0) is 57.6 Å². The van der Waals surface area contributed by atoms with Gasteiger partial charge in [0.25, 0.3) is 0 Å². The Morgan fingerprint density at radius 1 is 0.939 bits per heavy atom. The Kier molecular flexibility index (Phi) is 12.6. The summed E-state index contributed by atoms with van der Waals surface area (Å²) in [5.74, 6) is 1.74. The SMILES string of the molecule is CCNC(=NCc1ccc(CN2CCCN(C)CC2)cc1)NCc1ccccc1OCC.I. The second kappa shape index (κ2) is 15.1. The van der Waals surface area contributed by atoms with Crippen LogP contribution in [0.5, 0.6) is 5.75 Å². The maximum absolute atomic E-state index is 5.73. The molecule has 2 aromatic carbocycles. The lowest BCUT2D eigenvalue weighted by atomic mass is 10.1. The van der Waals surface area contributed by atoms with Gasteiger partial charge in [0, 0.05) is 38.3 Å². The van der Waals surface area contributed by atoms with Crippen molar-refractivity contribution < 1.29 is 4.74 Å². The van der Waals surface area contributed by atoms with Crippen LogP contribution in [-0.4, -0.2) is 62.1 Å². The van der Waals surface area contributed by atoms with Gasteiger partial charge in [-0.2, -0.15) is 0 Å². The number of rotatable bonds is 9. The molecule has 0 bridgehead atoms. The van der Waals surface area contributed by atoms with Crippen LogP contribution >= 0.6 is 24.0 Å². The van der Waals surface area contributed by atoms with Crippen LogP contribution in [0.1, 0.15) is 37.0 Å². The first-order valence-electron chi connectivity index (χ1n) is 11.9. The first-order valence-corrected chi connectivity index (χ1v) is 11.9. The fourth-order valence-electron chi connectivity index (χ4n) is 3.90. The van der Waals surface area contributed by atoms with E-state index in [1.807, 2.05) is 25.1 Å². The van der Waals surface area contributed by atoms with Gasteiger partial charge >= 0.3 is 0 Å². The van der Waals surface area contributed by atoms with Crippen LogP contribution in [0, 0.1) is 0 Å². The molecule has 2 aromatic rings. The van der Waals surface area contributed by atoms with Gasteiger partial charge in [-0.3, -0.25) is 4.90 Å². The van der Waals surface area contributed by atoms with Crippen molar-refractivity contribution in [2.45, 2.75) is 39.9 Å². The Morgan fingerprint density at radius 3 is 2.45 bits per heavy atom. The minimum atomic E-state index is 0. The summed E-state index contributed by atoms with van der Waals surface area (Å²) >= 11 is 0. The Bertz CT molecular complexity index is 843. The second-order valence-corrected chi connectivity index (χ2v) is 8.34. The van der Waals surface area contributed by atoms with Crippen molar-refractivity contribution in [2.24, 2.45) is 4.99 Å². The lowest BCUT2D eigenvalue weighted by Crippen LogP contribution is -2.36. The van der Waals surface area contributed by atoms with Gasteiger partial charge < -0.3 is 20.3 Å². The molecule has 0 spiro atoms. The molecule has 0 radical (unpaired) electrons. The Labute approximate surface area is 216 Å². The van der Waals surface area contributed by atoms with Crippen LogP contribution in [0.15, 0.2) is 53.5 Å².